The van der Waals surface area contributed by atoms with Crippen LogP contribution in [0.5, 0.6) is 0 Å². The molecule has 7 heteroatoms. The van der Waals surface area contributed by atoms with E-state index in [-0.39, 0.29) is 0 Å². The van der Waals surface area contributed by atoms with E-state index in [2.05, 4.69) is 63.7 Å². The van der Waals surface area contributed by atoms with Crippen molar-refractivity contribution in [3.63, 3.8) is 0 Å². The Morgan fingerprint density at radius 2 is 1.96 bits per heavy atom. The molecule has 1 aromatic heterocycles. The van der Waals surface area contributed by atoms with Gasteiger partial charge in [0.2, 0.25) is 0 Å². The van der Waals surface area contributed by atoms with E-state index in [1.54, 1.807) is 11.0 Å². The number of hydrogen-bond donors (Lipinski definition) is 2. The fourth-order valence-corrected chi connectivity index (χ4v) is 3.53. The number of nitrogens with zero attached hydrogens (tertiary/aromatic N) is 5. The maximum atomic E-state index is 4.70. The molecule has 1 saturated heterocycles. The Morgan fingerprint density at radius 3 is 2.64 bits per heavy atom. The molecule has 2 N–H and O–H groups in total. The van der Waals surface area contributed by atoms with Crippen LogP contribution in [0.25, 0.3) is 0 Å². The molecule has 0 radical (unpaired) electrons. The number of hydrogen-bond acceptors (Lipinski definition) is 4. The molecule has 1 unspecified atom stereocenters. The highest BCUT2D eigenvalue weighted by Crippen LogP contribution is 2.19. The molecular formula is C21H33N7. The zero-order valence-electron chi connectivity index (χ0n) is 17.4. The van der Waals surface area contributed by atoms with Crippen molar-refractivity contribution in [1.29, 1.82) is 0 Å². The number of guanidine groups is 1. The maximum absolute atomic E-state index is 4.70. The molecule has 2 aromatic rings. The Balaban J connectivity index is 1.54. The second-order valence-corrected chi connectivity index (χ2v) is 7.48. The van der Waals surface area contributed by atoms with Crippen LogP contribution in [0.15, 0.2) is 35.6 Å². The minimum absolute atomic E-state index is 0.593. The van der Waals surface area contributed by atoms with Gasteiger partial charge < -0.3 is 10.6 Å². The van der Waals surface area contributed by atoms with Gasteiger partial charge in [-0.3, -0.25) is 9.58 Å². The Hall–Kier alpha value is -2.41. The minimum Gasteiger partial charge on any atom is -0.357 e. The van der Waals surface area contributed by atoms with Crippen LogP contribution in [0.4, 0.5) is 0 Å². The van der Waals surface area contributed by atoms with E-state index in [0.29, 0.717) is 19.1 Å². The summed E-state index contributed by atoms with van der Waals surface area (Å²) in [5, 5.41) is 10.7. The minimum atomic E-state index is 0.593. The SMILES string of the molecule is CCNC(=NCc1ccc(CN2CCCCC2C)cc1)NCc1ncnn1C. The molecular weight excluding hydrogens is 350 g/mol. The monoisotopic (exact) mass is 383 g/mol. The number of nitrogens with one attached hydrogen (secondary N) is 2. The van der Waals surface area contributed by atoms with Crippen LogP contribution in [-0.4, -0.2) is 44.8 Å². The summed E-state index contributed by atoms with van der Waals surface area (Å²) >= 11 is 0. The Labute approximate surface area is 168 Å². The van der Waals surface area contributed by atoms with Crippen LogP contribution in [0, 0.1) is 0 Å². The molecule has 0 amide bonds. The number of benzene rings is 1. The predicted molar refractivity (Wildman–Crippen MR) is 113 cm³/mol. The lowest BCUT2D eigenvalue weighted by Crippen LogP contribution is -2.37. The van der Waals surface area contributed by atoms with Gasteiger partial charge in [-0.25, -0.2) is 9.98 Å². The van der Waals surface area contributed by atoms with E-state index in [4.69, 9.17) is 4.99 Å². The molecule has 0 aliphatic carbocycles. The van der Waals surface area contributed by atoms with Gasteiger partial charge >= 0.3 is 0 Å². The van der Waals surface area contributed by atoms with E-state index in [1.165, 1.54) is 36.9 Å². The average Bonchev–Trinajstić information content (AvgIpc) is 3.12. The third-order valence-corrected chi connectivity index (χ3v) is 5.33. The van der Waals surface area contributed by atoms with Gasteiger partial charge in [0, 0.05) is 26.2 Å². The number of aliphatic imine (C=N–C) groups is 1. The van der Waals surface area contributed by atoms with Gasteiger partial charge in [0.25, 0.3) is 0 Å². The highest BCUT2D eigenvalue weighted by molar-refractivity contribution is 5.79. The van der Waals surface area contributed by atoms with Crippen molar-refractivity contribution in [2.75, 3.05) is 13.1 Å². The molecule has 1 aliphatic heterocycles. The van der Waals surface area contributed by atoms with Gasteiger partial charge in [0.05, 0.1) is 13.1 Å². The third kappa shape index (κ3) is 5.79. The van der Waals surface area contributed by atoms with Gasteiger partial charge in [-0.15, -0.1) is 0 Å². The second kappa shape index (κ2) is 10.2. The quantitative estimate of drug-likeness (QED) is 0.568. The third-order valence-electron chi connectivity index (χ3n) is 5.33. The molecule has 152 valence electrons. The van der Waals surface area contributed by atoms with Crippen LogP contribution in [0.3, 0.4) is 0 Å². The molecule has 0 saturated carbocycles. The first kappa shape index (κ1) is 20.3. The van der Waals surface area contributed by atoms with Crippen molar-refractivity contribution in [3.05, 3.63) is 47.5 Å². The Kier molecular flexibility index (Phi) is 7.42. The fourth-order valence-electron chi connectivity index (χ4n) is 3.53. The smallest absolute Gasteiger partial charge is 0.191 e. The maximum Gasteiger partial charge on any atom is 0.191 e. The highest BCUT2D eigenvalue weighted by atomic mass is 15.3. The van der Waals surface area contributed by atoms with Gasteiger partial charge in [-0.2, -0.15) is 5.10 Å². The highest BCUT2D eigenvalue weighted by Gasteiger charge is 2.17. The van der Waals surface area contributed by atoms with E-state index in [9.17, 15) is 0 Å². The van der Waals surface area contributed by atoms with Crippen molar-refractivity contribution in [2.45, 2.75) is 58.8 Å². The normalized spacial score (nSPS) is 18.2. The predicted octanol–water partition coefficient (Wildman–Crippen LogP) is 2.44. The van der Waals surface area contributed by atoms with E-state index < -0.39 is 0 Å². The summed E-state index contributed by atoms with van der Waals surface area (Å²) < 4.78 is 1.76. The molecule has 1 aromatic carbocycles. The molecule has 0 spiro atoms. The van der Waals surface area contributed by atoms with Crippen LogP contribution in [0.1, 0.15) is 50.1 Å². The first-order valence-electron chi connectivity index (χ1n) is 10.3. The second-order valence-electron chi connectivity index (χ2n) is 7.48. The summed E-state index contributed by atoms with van der Waals surface area (Å²) in [4.78, 5) is 11.5. The lowest BCUT2D eigenvalue weighted by atomic mass is 10.0. The summed E-state index contributed by atoms with van der Waals surface area (Å²) in [6, 6.07) is 9.57. The standard InChI is InChI=1S/C21H33N7/c1-4-22-21(24-14-20-25-16-26-27(20)3)23-13-18-8-10-19(11-9-18)15-28-12-6-5-7-17(28)2/h8-11,16-17H,4-7,12-15H2,1-3H3,(H2,22,23,24). The van der Waals surface area contributed by atoms with Crippen molar-refractivity contribution in [1.82, 2.24) is 30.3 Å². The summed E-state index contributed by atoms with van der Waals surface area (Å²) in [5.41, 5.74) is 2.60. The van der Waals surface area contributed by atoms with Crippen LogP contribution in [-0.2, 0) is 26.7 Å². The number of aryl methyl sites for hydroxylation is 1. The van der Waals surface area contributed by atoms with Crippen LogP contribution >= 0.6 is 0 Å². The van der Waals surface area contributed by atoms with Crippen molar-refractivity contribution in [2.24, 2.45) is 12.0 Å². The first-order chi connectivity index (χ1) is 13.7. The van der Waals surface area contributed by atoms with E-state index in [1.807, 2.05) is 7.05 Å². The van der Waals surface area contributed by atoms with Gasteiger partial charge in [0.15, 0.2) is 5.96 Å². The lowest BCUT2D eigenvalue weighted by molar-refractivity contribution is 0.152. The van der Waals surface area contributed by atoms with Gasteiger partial charge in [0.1, 0.15) is 12.2 Å². The zero-order valence-corrected chi connectivity index (χ0v) is 17.4. The average molecular weight is 384 g/mol. The van der Waals surface area contributed by atoms with Crippen LogP contribution in [0.2, 0.25) is 0 Å². The molecule has 2 heterocycles. The van der Waals surface area contributed by atoms with Crippen molar-refractivity contribution >= 4 is 5.96 Å². The summed E-state index contributed by atoms with van der Waals surface area (Å²) in [6.45, 7) is 8.74. The fraction of sp³-hybridized carbons (Fsp3) is 0.571. The Morgan fingerprint density at radius 1 is 1.18 bits per heavy atom. The molecule has 7 nitrogen and oxygen atoms in total. The molecule has 28 heavy (non-hydrogen) atoms. The van der Waals surface area contributed by atoms with Crippen molar-refractivity contribution < 1.29 is 0 Å². The molecule has 0 bridgehead atoms. The Bertz CT molecular complexity index is 750. The van der Waals surface area contributed by atoms with Gasteiger partial charge in [-0.05, 0) is 44.4 Å². The number of aromatic nitrogens is 3. The largest absolute Gasteiger partial charge is 0.357 e. The molecule has 1 fully saturated rings. The molecule has 1 atom stereocenters. The zero-order chi connectivity index (χ0) is 19.8. The summed E-state index contributed by atoms with van der Waals surface area (Å²) in [5.74, 6) is 1.67. The van der Waals surface area contributed by atoms with Crippen molar-refractivity contribution in [3.8, 4) is 0 Å². The van der Waals surface area contributed by atoms with Gasteiger partial charge in [-0.1, -0.05) is 30.7 Å². The topological polar surface area (TPSA) is 70.4 Å². The number of likely N-dealkylation sites (tertiary alicyclic amines) is 1. The number of rotatable bonds is 7. The van der Waals surface area contributed by atoms with E-state index in [0.717, 1.165) is 24.9 Å². The number of piperidine rings is 1. The van der Waals surface area contributed by atoms with E-state index >= 15 is 0 Å². The van der Waals surface area contributed by atoms with Crippen LogP contribution < -0.4 is 10.6 Å². The first-order valence-corrected chi connectivity index (χ1v) is 10.3. The lowest BCUT2D eigenvalue weighted by Gasteiger charge is -2.33. The molecule has 1 aliphatic rings. The molecule has 3 rings (SSSR count). The summed E-state index contributed by atoms with van der Waals surface area (Å²) in [6.07, 6.45) is 5.58. The summed E-state index contributed by atoms with van der Waals surface area (Å²) in [7, 11) is 1.89.